The second-order valence-corrected chi connectivity index (χ2v) is 5.51. The molecule has 0 spiro atoms. The summed E-state index contributed by atoms with van der Waals surface area (Å²) in [5.74, 6) is 0.0534. The van der Waals surface area contributed by atoms with Gasteiger partial charge in [-0.3, -0.25) is 4.79 Å². The minimum absolute atomic E-state index is 0.0962. The van der Waals surface area contributed by atoms with E-state index < -0.39 is 11.7 Å². The number of carbonyl (C=O) groups is 1. The van der Waals surface area contributed by atoms with Gasteiger partial charge in [0.05, 0.1) is 10.6 Å². The third-order valence-electron chi connectivity index (χ3n) is 3.70. The molecule has 3 rings (SSSR count). The number of amides is 1. The van der Waals surface area contributed by atoms with Gasteiger partial charge in [-0.15, -0.1) is 5.10 Å². The Hall–Kier alpha value is -2.35. The molecule has 0 aliphatic carbocycles. The lowest BCUT2D eigenvalue weighted by atomic mass is 9.97. The number of H-pyrrole nitrogens is 1. The van der Waals surface area contributed by atoms with Crippen molar-refractivity contribution in [3.8, 4) is 0 Å². The van der Waals surface area contributed by atoms with E-state index in [4.69, 9.17) is 21.8 Å². The molecular formula is C13H14ClN5O3. The quantitative estimate of drug-likeness (QED) is 0.866. The molecule has 1 fully saturated rings. The van der Waals surface area contributed by atoms with Crippen LogP contribution in [0.5, 0.6) is 0 Å². The highest BCUT2D eigenvalue weighted by molar-refractivity contribution is 6.33. The highest BCUT2D eigenvalue weighted by atomic mass is 35.5. The maximum atomic E-state index is 11.1. The number of aromatic nitrogens is 3. The zero-order chi connectivity index (χ0) is 15.7. The molecule has 9 heteroatoms. The molecule has 22 heavy (non-hydrogen) atoms. The van der Waals surface area contributed by atoms with Crippen molar-refractivity contribution in [2.45, 2.75) is 18.8 Å². The minimum atomic E-state index is -0.562. The first kappa shape index (κ1) is 14.6. The van der Waals surface area contributed by atoms with Crippen molar-refractivity contribution in [1.82, 2.24) is 15.2 Å². The van der Waals surface area contributed by atoms with Gasteiger partial charge >= 0.3 is 5.76 Å². The molecule has 1 saturated heterocycles. The van der Waals surface area contributed by atoms with E-state index in [1.54, 1.807) is 0 Å². The number of rotatable bonds is 3. The lowest BCUT2D eigenvalue weighted by Crippen LogP contribution is -2.34. The number of aromatic amines is 1. The van der Waals surface area contributed by atoms with Crippen molar-refractivity contribution in [2.75, 3.05) is 18.0 Å². The van der Waals surface area contributed by atoms with Gasteiger partial charge < -0.3 is 15.1 Å². The molecule has 1 aliphatic rings. The third-order valence-corrected chi connectivity index (χ3v) is 3.98. The second-order valence-electron chi connectivity index (χ2n) is 5.11. The zero-order valence-electron chi connectivity index (χ0n) is 11.6. The molecule has 0 radical (unpaired) electrons. The second kappa shape index (κ2) is 5.80. The number of nitrogens with zero attached hydrogens (tertiary/aromatic N) is 3. The SMILES string of the molecule is NC(=O)c1cnc(N2CCC(c3n[nH]c(=O)o3)CC2)c(Cl)c1. The van der Waals surface area contributed by atoms with Crippen LogP contribution in [0.2, 0.25) is 5.02 Å². The van der Waals surface area contributed by atoms with E-state index in [-0.39, 0.29) is 11.5 Å². The summed E-state index contributed by atoms with van der Waals surface area (Å²) in [5, 5.41) is 6.53. The Morgan fingerprint density at radius 3 is 2.73 bits per heavy atom. The first-order chi connectivity index (χ1) is 10.5. The Balaban J connectivity index is 1.71. The highest BCUT2D eigenvalue weighted by Crippen LogP contribution is 2.31. The summed E-state index contributed by atoms with van der Waals surface area (Å²) in [4.78, 5) is 28.3. The van der Waals surface area contributed by atoms with E-state index in [1.807, 2.05) is 4.90 Å². The zero-order valence-corrected chi connectivity index (χ0v) is 12.3. The Kier molecular flexibility index (Phi) is 3.84. The smallest absolute Gasteiger partial charge is 0.392 e. The average molecular weight is 324 g/mol. The van der Waals surface area contributed by atoms with Gasteiger partial charge in [0, 0.05) is 25.2 Å². The van der Waals surface area contributed by atoms with Gasteiger partial charge in [0.15, 0.2) is 0 Å². The van der Waals surface area contributed by atoms with E-state index >= 15 is 0 Å². The van der Waals surface area contributed by atoms with Crippen molar-refractivity contribution < 1.29 is 9.21 Å². The van der Waals surface area contributed by atoms with Crippen LogP contribution in [0.15, 0.2) is 21.5 Å². The fourth-order valence-electron chi connectivity index (χ4n) is 2.55. The number of nitrogens with two attached hydrogens (primary N) is 1. The lowest BCUT2D eigenvalue weighted by molar-refractivity contribution is 0.1000. The molecule has 3 heterocycles. The van der Waals surface area contributed by atoms with Crippen molar-refractivity contribution >= 4 is 23.3 Å². The van der Waals surface area contributed by atoms with Crippen LogP contribution in [0.25, 0.3) is 0 Å². The Bertz CT molecular complexity index is 748. The molecule has 1 amide bonds. The van der Waals surface area contributed by atoms with Crippen molar-refractivity contribution in [1.29, 1.82) is 0 Å². The van der Waals surface area contributed by atoms with Gasteiger partial charge in [0.1, 0.15) is 5.82 Å². The van der Waals surface area contributed by atoms with Crippen LogP contribution in [0.4, 0.5) is 5.82 Å². The van der Waals surface area contributed by atoms with E-state index in [9.17, 15) is 9.59 Å². The summed E-state index contributed by atoms with van der Waals surface area (Å²) in [6.07, 6.45) is 2.95. The predicted octanol–water partition coefficient (Wildman–Crippen LogP) is 0.894. The molecule has 0 aromatic carbocycles. The van der Waals surface area contributed by atoms with Crippen molar-refractivity contribution in [3.05, 3.63) is 39.3 Å². The minimum Gasteiger partial charge on any atom is -0.392 e. The normalized spacial score (nSPS) is 16.0. The summed E-state index contributed by atoms with van der Waals surface area (Å²) in [6.45, 7) is 1.40. The summed E-state index contributed by atoms with van der Waals surface area (Å²) in [7, 11) is 0. The first-order valence-corrected chi connectivity index (χ1v) is 7.18. The summed E-state index contributed by atoms with van der Waals surface area (Å²) in [6, 6.07) is 1.52. The average Bonchev–Trinajstić information content (AvgIpc) is 2.94. The summed E-state index contributed by atoms with van der Waals surface area (Å²) < 4.78 is 5.00. The molecule has 2 aromatic rings. The number of pyridine rings is 1. The highest BCUT2D eigenvalue weighted by Gasteiger charge is 2.26. The van der Waals surface area contributed by atoms with E-state index in [1.165, 1.54) is 12.3 Å². The number of primary amides is 1. The van der Waals surface area contributed by atoms with E-state index in [0.29, 0.717) is 29.8 Å². The molecule has 8 nitrogen and oxygen atoms in total. The molecule has 2 aromatic heterocycles. The van der Waals surface area contributed by atoms with Crippen LogP contribution in [0.1, 0.15) is 35.0 Å². The van der Waals surface area contributed by atoms with Gasteiger partial charge in [-0.2, -0.15) is 0 Å². The van der Waals surface area contributed by atoms with Crippen LogP contribution in [-0.2, 0) is 0 Å². The lowest BCUT2D eigenvalue weighted by Gasteiger charge is -2.31. The maximum absolute atomic E-state index is 11.1. The number of hydrogen-bond donors (Lipinski definition) is 2. The Labute approximate surface area is 130 Å². The molecule has 0 bridgehead atoms. The van der Waals surface area contributed by atoms with Crippen LogP contribution < -0.4 is 16.4 Å². The predicted molar refractivity (Wildman–Crippen MR) is 79.1 cm³/mol. The van der Waals surface area contributed by atoms with Gasteiger partial charge in [0.25, 0.3) is 0 Å². The Morgan fingerprint density at radius 2 is 2.18 bits per heavy atom. The van der Waals surface area contributed by atoms with Crippen molar-refractivity contribution in [2.24, 2.45) is 5.73 Å². The standard InChI is InChI=1S/C13H14ClN5O3/c14-9-5-8(10(15)20)6-16-11(9)19-3-1-7(2-4-19)12-17-18-13(21)22-12/h5-7H,1-4H2,(H2,15,20)(H,18,21). The van der Waals surface area contributed by atoms with Crippen LogP contribution >= 0.6 is 11.6 Å². The monoisotopic (exact) mass is 323 g/mol. The number of nitrogens with one attached hydrogen (secondary N) is 1. The molecule has 116 valence electrons. The van der Waals surface area contributed by atoms with Gasteiger partial charge in [-0.1, -0.05) is 11.6 Å². The molecule has 1 aliphatic heterocycles. The van der Waals surface area contributed by atoms with Gasteiger partial charge in [-0.25, -0.2) is 14.9 Å². The number of anilines is 1. The van der Waals surface area contributed by atoms with Gasteiger partial charge in [0.2, 0.25) is 11.8 Å². The largest absolute Gasteiger partial charge is 0.434 e. The number of hydrogen-bond acceptors (Lipinski definition) is 6. The van der Waals surface area contributed by atoms with E-state index in [2.05, 4.69) is 15.2 Å². The number of halogens is 1. The number of piperidine rings is 1. The van der Waals surface area contributed by atoms with E-state index in [0.717, 1.165) is 12.8 Å². The molecule has 3 N–H and O–H groups in total. The molecule has 0 atom stereocenters. The number of carbonyl (C=O) groups excluding carboxylic acids is 1. The summed E-state index contributed by atoms with van der Waals surface area (Å²) in [5.41, 5.74) is 5.48. The van der Waals surface area contributed by atoms with Crippen LogP contribution in [0, 0.1) is 0 Å². The molecular weight excluding hydrogens is 310 g/mol. The topological polar surface area (TPSA) is 118 Å². The fraction of sp³-hybridized carbons (Fsp3) is 0.385. The third kappa shape index (κ3) is 2.82. The fourth-order valence-corrected chi connectivity index (χ4v) is 2.84. The Morgan fingerprint density at radius 1 is 1.45 bits per heavy atom. The summed E-state index contributed by atoms with van der Waals surface area (Å²) >= 11 is 6.17. The van der Waals surface area contributed by atoms with Crippen LogP contribution in [0.3, 0.4) is 0 Å². The maximum Gasteiger partial charge on any atom is 0.434 e. The van der Waals surface area contributed by atoms with Gasteiger partial charge in [-0.05, 0) is 18.9 Å². The molecule has 0 unspecified atom stereocenters. The van der Waals surface area contributed by atoms with Crippen molar-refractivity contribution in [3.63, 3.8) is 0 Å². The van der Waals surface area contributed by atoms with Crippen LogP contribution in [-0.4, -0.2) is 34.2 Å². The first-order valence-electron chi connectivity index (χ1n) is 6.80. The molecule has 0 saturated carbocycles.